The number of carboxylic acid groups (broad SMARTS) is 1. The summed E-state index contributed by atoms with van der Waals surface area (Å²) < 4.78 is 0. The van der Waals surface area contributed by atoms with Crippen LogP contribution in [0.1, 0.15) is 11.1 Å². The Morgan fingerprint density at radius 1 is 1.05 bits per heavy atom. The van der Waals surface area contributed by atoms with Gasteiger partial charge in [0, 0.05) is 12.2 Å². The van der Waals surface area contributed by atoms with Crippen LogP contribution in [0.4, 0.5) is 5.69 Å². The van der Waals surface area contributed by atoms with Crippen LogP contribution in [0.3, 0.4) is 0 Å². The van der Waals surface area contributed by atoms with Gasteiger partial charge in [-0.1, -0.05) is 60.7 Å². The molecule has 0 aliphatic carbocycles. The molecule has 0 amide bonds. The minimum atomic E-state index is -0.827. The Hall–Kier alpha value is -2.55. The number of hydrogen-bond acceptors (Lipinski definition) is 2. The van der Waals surface area contributed by atoms with Crippen molar-refractivity contribution in [1.82, 2.24) is 0 Å². The number of aliphatic carboxylic acids is 1. The van der Waals surface area contributed by atoms with E-state index in [-0.39, 0.29) is 0 Å². The number of benzene rings is 2. The Bertz CT molecular complexity index is 649. The number of carbonyl (C=O) groups is 1. The van der Waals surface area contributed by atoms with Crippen LogP contribution in [0.25, 0.3) is 6.08 Å². The predicted molar refractivity (Wildman–Crippen MR) is 79.5 cm³/mol. The summed E-state index contributed by atoms with van der Waals surface area (Å²) in [5.41, 5.74) is 3.12. The number of fused-ring (bicyclic) bond motifs is 1. The first-order valence-electron chi connectivity index (χ1n) is 6.56. The van der Waals surface area contributed by atoms with Gasteiger partial charge in [0.15, 0.2) is 0 Å². The van der Waals surface area contributed by atoms with Crippen molar-refractivity contribution in [2.24, 2.45) is 0 Å². The highest BCUT2D eigenvalue weighted by Crippen LogP contribution is 2.30. The maximum absolute atomic E-state index is 11.5. The Balaban J connectivity index is 1.99. The van der Waals surface area contributed by atoms with Gasteiger partial charge >= 0.3 is 5.97 Å². The molecule has 1 aliphatic heterocycles. The fourth-order valence-corrected chi connectivity index (χ4v) is 2.52. The van der Waals surface area contributed by atoms with Crippen LogP contribution in [-0.2, 0) is 11.3 Å². The van der Waals surface area contributed by atoms with Crippen molar-refractivity contribution in [2.45, 2.75) is 12.6 Å². The second kappa shape index (κ2) is 5.21. The van der Waals surface area contributed by atoms with Gasteiger partial charge in [0.25, 0.3) is 0 Å². The summed E-state index contributed by atoms with van der Waals surface area (Å²) in [7, 11) is 0. The maximum atomic E-state index is 11.5. The average Bonchev–Trinajstić information content (AvgIpc) is 2.48. The summed E-state index contributed by atoms with van der Waals surface area (Å²) in [4.78, 5) is 13.4. The first kappa shape index (κ1) is 12.5. The summed E-state index contributed by atoms with van der Waals surface area (Å²) >= 11 is 0. The van der Waals surface area contributed by atoms with Crippen molar-refractivity contribution < 1.29 is 9.90 Å². The van der Waals surface area contributed by atoms with Crippen molar-refractivity contribution in [3.05, 3.63) is 71.8 Å². The molecule has 0 fully saturated rings. The minimum Gasteiger partial charge on any atom is -0.479 e. The maximum Gasteiger partial charge on any atom is 0.330 e. The van der Waals surface area contributed by atoms with E-state index < -0.39 is 12.0 Å². The zero-order valence-electron chi connectivity index (χ0n) is 10.9. The van der Waals surface area contributed by atoms with E-state index in [2.05, 4.69) is 0 Å². The lowest BCUT2D eigenvalue weighted by Gasteiger charge is -2.33. The largest absolute Gasteiger partial charge is 0.479 e. The van der Waals surface area contributed by atoms with Crippen LogP contribution < -0.4 is 4.90 Å². The molecular weight excluding hydrogens is 250 g/mol. The Morgan fingerprint density at radius 2 is 1.75 bits per heavy atom. The van der Waals surface area contributed by atoms with Gasteiger partial charge in [-0.15, -0.1) is 0 Å². The van der Waals surface area contributed by atoms with Gasteiger partial charge in [-0.05, 0) is 17.2 Å². The quantitative estimate of drug-likeness (QED) is 0.926. The number of nitrogens with zero attached hydrogens (tertiary/aromatic N) is 1. The Kier molecular flexibility index (Phi) is 3.25. The molecule has 3 rings (SSSR count). The molecule has 0 radical (unpaired) electrons. The molecule has 1 unspecified atom stereocenters. The third-order valence-corrected chi connectivity index (χ3v) is 3.49. The normalized spacial score (nSPS) is 16.8. The summed E-state index contributed by atoms with van der Waals surface area (Å²) in [6, 6.07) is 17.2. The zero-order valence-corrected chi connectivity index (χ0v) is 10.9. The zero-order chi connectivity index (χ0) is 13.9. The molecular formula is C17H15NO2. The van der Waals surface area contributed by atoms with Crippen molar-refractivity contribution in [3.63, 3.8) is 0 Å². The lowest BCUT2D eigenvalue weighted by atomic mass is 10.0. The minimum absolute atomic E-state index is 0.582. The Labute approximate surface area is 117 Å². The SMILES string of the molecule is O=C(O)C1C=Cc2ccccc2N1Cc1ccccc1. The molecule has 0 bridgehead atoms. The number of para-hydroxylation sites is 1. The molecule has 0 saturated heterocycles. The van der Waals surface area contributed by atoms with E-state index in [1.165, 1.54) is 0 Å². The van der Waals surface area contributed by atoms with Crippen molar-refractivity contribution >= 4 is 17.7 Å². The van der Waals surface area contributed by atoms with E-state index in [9.17, 15) is 9.90 Å². The van der Waals surface area contributed by atoms with Crippen molar-refractivity contribution in [2.75, 3.05) is 4.90 Å². The molecule has 2 aromatic carbocycles. The molecule has 0 spiro atoms. The standard InChI is InChI=1S/C17H15NO2/c19-17(20)16-11-10-14-8-4-5-9-15(14)18(16)12-13-6-2-1-3-7-13/h1-11,16H,12H2,(H,19,20). The molecule has 20 heavy (non-hydrogen) atoms. The van der Waals surface area contributed by atoms with Crippen molar-refractivity contribution in [3.8, 4) is 0 Å². The summed E-state index contributed by atoms with van der Waals surface area (Å²) in [6.07, 6.45) is 3.63. The van der Waals surface area contributed by atoms with Crippen LogP contribution in [-0.4, -0.2) is 17.1 Å². The fourth-order valence-electron chi connectivity index (χ4n) is 2.52. The van der Waals surface area contributed by atoms with Crippen LogP contribution in [0, 0.1) is 0 Å². The van der Waals surface area contributed by atoms with Crippen LogP contribution in [0.15, 0.2) is 60.7 Å². The second-order valence-corrected chi connectivity index (χ2v) is 4.81. The van der Waals surface area contributed by atoms with Crippen LogP contribution in [0.2, 0.25) is 0 Å². The number of hydrogen-bond donors (Lipinski definition) is 1. The number of carboxylic acids is 1. The van der Waals surface area contributed by atoms with Crippen LogP contribution >= 0.6 is 0 Å². The third-order valence-electron chi connectivity index (χ3n) is 3.49. The molecule has 1 N–H and O–H groups in total. The molecule has 1 heterocycles. The Morgan fingerprint density at radius 3 is 2.50 bits per heavy atom. The fraction of sp³-hybridized carbons (Fsp3) is 0.118. The van der Waals surface area contributed by atoms with E-state index in [0.29, 0.717) is 6.54 Å². The third kappa shape index (κ3) is 2.30. The van der Waals surface area contributed by atoms with E-state index >= 15 is 0 Å². The summed E-state index contributed by atoms with van der Waals surface area (Å²) in [5.74, 6) is -0.827. The van der Waals surface area contributed by atoms with Gasteiger partial charge in [0.1, 0.15) is 6.04 Å². The monoisotopic (exact) mass is 265 g/mol. The van der Waals surface area contributed by atoms with Gasteiger partial charge in [-0.3, -0.25) is 0 Å². The highest BCUT2D eigenvalue weighted by molar-refractivity contribution is 5.86. The van der Waals surface area contributed by atoms with Gasteiger partial charge in [0.05, 0.1) is 0 Å². The smallest absolute Gasteiger partial charge is 0.330 e. The first-order valence-corrected chi connectivity index (χ1v) is 6.56. The molecule has 3 heteroatoms. The summed E-state index contributed by atoms with van der Waals surface area (Å²) in [6.45, 7) is 0.582. The predicted octanol–water partition coefficient (Wildman–Crippen LogP) is 3.17. The van der Waals surface area contributed by atoms with Crippen molar-refractivity contribution in [1.29, 1.82) is 0 Å². The summed E-state index contributed by atoms with van der Waals surface area (Å²) in [5, 5.41) is 9.42. The van der Waals surface area contributed by atoms with E-state index in [1.807, 2.05) is 65.6 Å². The second-order valence-electron chi connectivity index (χ2n) is 4.81. The topological polar surface area (TPSA) is 40.5 Å². The number of anilines is 1. The van der Waals surface area contributed by atoms with Gasteiger partial charge in [-0.25, -0.2) is 4.79 Å². The van der Waals surface area contributed by atoms with Gasteiger partial charge in [0.2, 0.25) is 0 Å². The highest BCUT2D eigenvalue weighted by Gasteiger charge is 2.27. The lowest BCUT2D eigenvalue weighted by Crippen LogP contribution is -2.41. The van der Waals surface area contributed by atoms with Gasteiger partial charge in [-0.2, -0.15) is 0 Å². The lowest BCUT2D eigenvalue weighted by molar-refractivity contribution is -0.137. The molecule has 100 valence electrons. The average molecular weight is 265 g/mol. The molecule has 3 nitrogen and oxygen atoms in total. The highest BCUT2D eigenvalue weighted by atomic mass is 16.4. The molecule has 0 saturated carbocycles. The number of rotatable bonds is 3. The van der Waals surface area contributed by atoms with E-state index in [1.54, 1.807) is 6.08 Å². The molecule has 2 aromatic rings. The molecule has 1 atom stereocenters. The molecule has 1 aliphatic rings. The first-order chi connectivity index (χ1) is 9.75. The van der Waals surface area contributed by atoms with E-state index in [0.717, 1.165) is 16.8 Å². The van der Waals surface area contributed by atoms with E-state index in [4.69, 9.17) is 0 Å². The van der Waals surface area contributed by atoms with Crippen LogP contribution in [0.5, 0.6) is 0 Å². The van der Waals surface area contributed by atoms with Gasteiger partial charge < -0.3 is 10.0 Å². The molecule has 0 aromatic heterocycles.